The Morgan fingerprint density at radius 3 is 2.68 bits per heavy atom. The van der Waals surface area contributed by atoms with Gasteiger partial charge in [-0.1, -0.05) is 6.58 Å². The van der Waals surface area contributed by atoms with E-state index in [0.717, 1.165) is 62.2 Å². The van der Waals surface area contributed by atoms with Gasteiger partial charge in [0.25, 0.3) is 5.91 Å². The highest BCUT2D eigenvalue weighted by atomic mass is 16.5. The van der Waals surface area contributed by atoms with Crippen LogP contribution in [-0.2, 0) is 11.3 Å². The molecule has 3 heterocycles. The molecule has 3 aliphatic heterocycles. The Morgan fingerprint density at radius 1 is 1.10 bits per heavy atom. The minimum Gasteiger partial charge on any atom is -0.489 e. The SMILES string of the molecule is C=C1CCC(N2Cc3cc(O[C@@H]4CCC[C@@H]4N4CCC(O)CC4)ccc3C2=O)C(=O)N1. The lowest BCUT2D eigenvalue weighted by atomic mass is 10.0. The molecule has 1 saturated carbocycles. The van der Waals surface area contributed by atoms with Crippen LogP contribution in [0.4, 0.5) is 0 Å². The number of carbonyl (C=O) groups excluding carboxylic acids is 2. The molecule has 3 fully saturated rings. The Labute approximate surface area is 183 Å². The third kappa shape index (κ3) is 3.96. The molecule has 1 aliphatic carbocycles. The third-order valence-electron chi connectivity index (χ3n) is 7.28. The molecule has 2 N–H and O–H groups in total. The number of amides is 2. The normalized spacial score (nSPS) is 29.9. The predicted octanol–water partition coefficient (Wildman–Crippen LogP) is 2.19. The first-order valence-corrected chi connectivity index (χ1v) is 11.5. The second-order valence-electron chi connectivity index (χ2n) is 9.32. The van der Waals surface area contributed by atoms with Crippen LogP contribution in [0.15, 0.2) is 30.5 Å². The molecule has 3 atom stereocenters. The van der Waals surface area contributed by atoms with Crippen molar-refractivity contribution in [3.63, 3.8) is 0 Å². The van der Waals surface area contributed by atoms with E-state index in [4.69, 9.17) is 4.74 Å². The number of hydrogen-bond acceptors (Lipinski definition) is 5. The highest BCUT2D eigenvalue weighted by Gasteiger charge is 2.39. The Bertz CT molecular complexity index is 893. The minimum absolute atomic E-state index is 0.0835. The van der Waals surface area contributed by atoms with E-state index < -0.39 is 6.04 Å². The molecule has 4 aliphatic rings. The molecule has 1 unspecified atom stereocenters. The fourth-order valence-corrected chi connectivity index (χ4v) is 5.56. The highest BCUT2D eigenvalue weighted by Crippen LogP contribution is 2.34. The monoisotopic (exact) mass is 425 g/mol. The summed E-state index contributed by atoms with van der Waals surface area (Å²) < 4.78 is 6.42. The lowest BCUT2D eigenvalue weighted by Gasteiger charge is -2.37. The van der Waals surface area contributed by atoms with Gasteiger partial charge in [0.1, 0.15) is 17.9 Å². The van der Waals surface area contributed by atoms with Crippen molar-refractivity contribution in [3.05, 3.63) is 41.6 Å². The van der Waals surface area contributed by atoms with Gasteiger partial charge < -0.3 is 20.1 Å². The third-order valence-corrected chi connectivity index (χ3v) is 7.28. The zero-order valence-electron chi connectivity index (χ0n) is 17.9. The molecule has 0 bridgehead atoms. The van der Waals surface area contributed by atoms with E-state index in [9.17, 15) is 14.7 Å². The summed E-state index contributed by atoms with van der Waals surface area (Å²) in [7, 11) is 0. The number of likely N-dealkylation sites (tertiary alicyclic amines) is 1. The molecule has 0 aromatic heterocycles. The van der Waals surface area contributed by atoms with Gasteiger partial charge in [0.05, 0.1) is 6.10 Å². The molecule has 7 nitrogen and oxygen atoms in total. The van der Waals surface area contributed by atoms with Gasteiger partial charge in [0.2, 0.25) is 5.91 Å². The summed E-state index contributed by atoms with van der Waals surface area (Å²) in [4.78, 5) is 29.4. The van der Waals surface area contributed by atoms with Gasteiger partial charge in [-0.2, -0.15) is 0 Å². The van der Waals surface area contributed by atoms with Crippen LogP contribution in [0, 0.1) is 0 Å². The first-order chi connectivity index (χ1) is 15.0. The molecular formula is C24H31N3O4. The topological polar surface area (TPSA) is 82.1 Å². The zero-order chi connectivity index (χ0) is 21.5. The minimum atomic E-state index is -0.441. The first kappa shape index (κ1) is 20.5. The molecule has 7 heteroatoms. The summed E-state index contributed by atoms with van der Waals surface area (Å²) in [5.74, 6) is 0.568. The molecule has 166 valence electrons. The molecule has 0 radical (unpaired) electrons. The van der Waals surface area contributed by atoms with Gasteiger partial charge in [-0.15, -0.1) is 0 Å². The Balaban J connectivity index is 1.27. The second kappa shape index (κ2) is 8.28. The summed E-state index contributed by atoms with van der Waals surface area (Å²) in [5, 5.41) is 12.6. The van der Waals surface area contributed by atoms with Crippen molar-refractivity contribution in [1.82, 2.24) is 15.1 Å². The van der Waals surface area contributed by atoms with Gasteiger partial charge in [-0.25, -0.2) is 0 Å². The summed E-state index contributed by atoms with van der Waals surface area (Å²) in [6.45, 7) is 6.11. The lowest BCUT2D eigenvalue weighted by Crippen LogP contribution is -2.49. The van der Waals surface area contributed by atoms with Crippen molar-refractivity contribution in [1.29, 1.82) is 0 Å². The number of carbonyl (C=O) groups is 2. The van der Waals surface area contributed by atoms with Crippen molar-refractivity contribution in [2.24, 2.45) is 0 Å². The Hall–Kier alpha value is -2.38. The molecule has 5 rings (SSSR count). The summed E-state index contributed by atoms with van der Waals surface area (Å²) in [5.41, 5.74) is 2.31. The van der Waals surface area contributed by atoms with E-state index in [0.29, 0.717) is 31.0 Å². The highest BCUT2D eigenvalue weighted by molar-refractivity contribution is 6.01. The number of rotatable bonds is 4. The molecular weight excluding hydrogens is 394 g/mol. The average Bonchev–Trinajstić information content (AvgIpc) is 3.33. The fraction of sp³-hybridized carbons (Fsp3) is 0.583. The van der Waals surface area contributed by atoms with Gasteiger partial charge in [0.15, 0.2) is 0 Å². The van der Waals surface area contributed by atoms with Crippen LogP contribution in [0.2, 0.25) is 0 Å². The summed E-state index contributed by atoms with van der Waals surface area (Å²) in [6.07, 6.45) is 6.24. The van der Waals surface area contributed by atoms with Crippen molar-refractivity contribution in [3.8, 4) is 5.75 Å². The fourth-order valence-electron chi connectivity index (χ4n) is 5.56. The largest absolute Gasteiger partial charge is 0.489 e. The zero-order valence-corrected chi connectivity index (χ0v) is 17.9. The van der Waals surface area contributed by atoms with Crippen molar-refractivity contribution >= 4 is 11.8 Å². The molecule has 31 heavy (non-hydrogen) atoms. The summed E-state index contributed by atoms with van der Waals surface area (Å²) in [6, 6.07) is 5.65. The van der Waals surface area contributed by atoms with E-state index in [1.165, 1.54) is 0 Å². The number of aliphatic hydroxyl groups excluding tert-OH is 1. The van der Waals surface area contributed by atoms with Crippen LogP contribution in [-0.4, -0.2) is 64.1 Å². The van der Waals surface area contributed by atoms with Crippen LogP contribution in [0.25, 0.3) is 0 Å². The van der Waals surface area contributed by atoms with Gasteiger partial charge in [-0.3, -0.25) is 14.5 Å². The second-order valence-corrected chi connectivity index (χ2v) is 9.32. The number of fused-ring (bicyclic) bond motifs is 1. The standard InChI is InChI=1S/C24H31N3O4/c1-15-5-8-21(23(29)25-15)27-14-16-13-18(6-7-19(16)24(27)30)31-22-4-2-3-20(22)26-11-9-17(28)10-12-26/h6-7,13,17,20-22,28H,1-5,8-12,14H2,(H,25,29)/t20-,21?,22+/m0/s1. The smallest absolute Gasteiger partial charge is 0.255 e. The molecule has 2 amide bonds. The number of nitrogens with one attached hydrogen (secondary N) is 1. The van der Waals surface area contributed by atoms with Crippen LogP contribution in [0.5, 0.6) is 5.75 Å². The van der Waals surface area contributed by atoms with Gasteiger partial charge in [0, 0.05) is 36.9 Å². The van der Waals surface area contributed by atoms with Crippen LogP contribution in [0.3, 0.4) is 0 Å². The molecule has 1 aromatic carbocycles. The van der Waals surface area contributed by atoms with Crippen LogP contribution >= 0.6 is 0 Å². The maximum atomic E-state index is 12.9. The van der Waals surface area contributed by atoms with E-state index >= 15 is 0 Å². The maximum Gasteiger partial charge on any atom is 0.255 e. The van der Waals surface area contributed by atoms with E-state index in [2.05, 4.69) is 16.8 Å². The number of hydrogen-bond donors (Lipinski definition) is 2. The van der Waals surface area contributed by atoms with Crippen molar-refractivity contribution < 1.29 is 19.4 Å². The molecule has 0 spiro atoms. The van der Waals surface area contributed by atoms with E-state index in [1.54, 1.807) is 4.90 Å². The lowest BCUT2D eigenvalue weighted by molar-refractivity contribution is -0.126. The number of nitrogens with zero attached hydrogens (tertiary/aromatic N) is 2. The van der Waals surface area contributed by atoms with E-state index in [-0.39, 0.29) is 24.0 Å². The summed E-state index contributed by atoms with van der Waals surface area (Å²) >= 11 is 0. The Kier molecular flexibility index (Phi) is 5.48. The van der Waals surface area contributed by atoms with Crippen LogP contribution < -0.4 is 10.1 Å². The van der Waals surface area contributed by atoms with Gasteiger partial charge in [-0.05, 0) is 68.7 Å². The number of allylic oxidation sites excluding steroid dienone is 1. The Morgan fingerprint density at radius 2 is 1.90 bits per heavy atom. The predicted molar refractivity (Wildman–Crippen MR) is 115 cm³/mol. The quantitative estimate of drug-likeness (QED) is 0.773. The van der Waals surface area contributed by atoms with Gasteiger partial charge >= 0.3 is 0 Å². The molecule has 2 saturated heterocycles. The number of aliphatic hydroxyl groups is 1. The van der Waals surface area contributed by atoms with Crippen molar-refractivity contribution in [2.45, 2.75) is 75.8 Å². The van der Waals surface area contributed by atoms with Crippen LogP contribution in [0.1, 0.15) is 60.9 Å². The number of benzene rings is 1. The van der Waals surface area contributed by atoms with Crippen molar-refractivity contribution in [2.75, 3.05) is 13.1 Å². The first-order valence-electron chi connectivity index (χ1n) is 11.5. The number of piperidine rings is 2. The number of ether oxygens (including phenoxy) is 1. The van der Waals surface area contributed by atoms with E-state index in [1.807, 2.05) is 18.2 Å². The maximum absolute atomic E-state index is 12.9. The molecule has 1 aromatic rings. The average molecular weight is 426 g/mol.